The molecule has 2 rings (SSSR count). The van der Waals surface area contributed by atoms with E-state index in [4.69, 9.17) is 10.2 Å². The number of nitrogens with two attached hydrogens (primary N) is 1. The van der Waals surface area contributed by atoms with Crippen LogP contribution in [0.1, 0.15) is 11.3 Å². The number of nitrogens with zero attached hydrogens (tertiary/aromatic N) is 1. The van der Waals surface area contributed by atoms with Crippen molar-refractivity contribution in [3.8, 4) is 0 Å². The van der Waals surface area contributed by atoms with Crippen LogP contribution in [-0.4, -0.2) is 7.05 Å². The molecule has 2 aromatic rings. The number of rotatable bonds is 4. The molecule has 4 heteroatoms. The Balaban J connectivity index is 2.11. The summed E-state index contributed by atoms with van der Waals surface area (Å²) in [6.45, 7) is 0.966. The van der Waals surface area contributed by atoms with Crippen molar-refractivity contribution < 1.29 is 8.81 Å². The number of benzene rings is 1. The summed E-state index contributed by atoms with van der Waals surface area (Å²) in [7, 11) is 1.82. The maximum atomic E-state index is 13.5. The zero-order valence-electron chi connectivity index (χ0n) is 9.69. The molecule has 0 fully saturated rings. The van der Waals surface area contributed by atoms with Gasteiger partial charge in [-0.2, -0.15) is 0 Å². The first-order valence-electron chi connectivity index (χ1n) is 5.42. The molecule has 17 heavy (non-hydrogen) atoms. The Morgan fingerprint density at radius 1 is 1.35 bits per heavy atom. The molecular formula is C13H15FN2O. The van der Waals surface area contributed by atoms with E-state index in [-0.39, 0.29) is 5.82 Å². The molecule has 2 N–H and O–H groups in total. The van der Waals surface area contributed by atoms with Gasteiger partial charge in [0, 0.05) is 19.2 Å². The predicted octanol–water partition coefficient (Wildman–Crippen LogP) is 2.51. The minimum atomic E-state index is -0.236. The van der Waals surface area contributed by atoms with Crippen LogP contribution >= 0.6 is 0 Å². The summed E-state index contributed by atoms with van der Waals surface area (Å²) in [5.74, 6) is 0.539. The van der Waals surface area contributed by atoms with Gasteiger partial charge in [0.1, 0.15) is 11.6 Å². The van der Waals surface area contributed by atoms with Gasteiger partial charge in [0.25, 0.3) is 0 Å². The topological polar surface area (TPSA) is 42.4 Å². The fraction of sp³-hybridized carbons (Fsp3) is 0.231. The van der Waals surface area contributed by atoms with Gasteiger partial charge in [-0.15, -0.1) is 0 Å². The number of hydrogen-bond acceptors (Lipinski definition) is 3. The molecule has 3 nitrogen and oxygen atoms in total. The molecule has 0 aliphatic heterocycles. The second-order valence-corrected chi connectivity index (χ2v) is 3.93. The van der Waals surface area contributed by atoms with Gasteiger partial charge in [-0.05, 0) is 18.2 Å². The van der Waals surface area contributed by atoms with Gasteiger partial charge in [-0.1, -0.05) is 12.1 Å². The Kier molecular flexibility index (Phi) is 3.44. The highest BCUT2D eigenvalue weighted by molar-refractivity contribution is 5.46. The Morgan fingerprint density at radius 2 is 2.12 bits per heavy atom. The van der Waals surface area contributed by atoms with E-state index < -0.39 is 0 Å². The Bertz CT molecular complexity index is 496. The van der Waals surface area contributed by atoms with Crippen molar-refractivity contribution in [2.45, 2.75) is 13.1 Å². The van der Waals surface area contributed by atoms with Gasteiger partial charge in [0.05, 0.1) is 18.5 Å². The lowest BCUT2D eigenvalue weighted by Gasteiger charge is -2.18. The van der Waals surface area contributed by atoms with Crippen molar-refractivity contribution in [1.29, 1.82) is 0 Å². The zero-order chi connectivity index (χ0) is 12.3. The minimum absolute atomic E-state index is 0.236. The van der Waals surface area contributed by atoms with E-state index in [1.54, 1.807) is 23.3 Å². The van der Waals surface area contributed by atoms with E-state index in [1.807, 2.05) is 19.2 Å². The molecule has 0 radical (unpaired) electrons. The molecule has 1 aromatic heterocycles. The van der Waals surface area contributed by atoms with Gasteiger partial charge < -0.3 is 15.1 Å². The molecule has 90 valence electrons. The van der Waals surface area contributed by atoms with Crippen molar-refractivity contribution in [3.63, 3.8) is 0 Å². The average Bonchev–Trinajstić information content (AvgIpc) is 2.77. The first kappa shape index (κ1) is 11.7. The van der Waals surface area contributed by atoms with Gasteiger partial charge in [-0.3, -0.25) is 0 Å². The highest BCUT2D eigenvalue weighted by Crippen LogP contribution is 2.19. The van der Waals surface area contributed by atoms with Crippen molar-refractivity contribution in [1.82, 2.24) is 0 Å². The van der Waals surface area contributed by atoms with Crippen LogP contribution in [0.15, 0.2) is 41.0 Å². The van der Waals surface area contributed by atoms with Crippen molar-refractivity contribution >= 4 is 5.69 Å². The normalized spacial score (nSPS) is 10.5. The first-order valence-corrected chi connectivity index (χ1v) is 5.42. The monoisotopic (exact) mass is 234 g/mol. The lowest BCUT2D eigenvalue weighted by Crippen LogP contribution is -2.17. The maximum Gasteiger partial charge on any atom is 0.146 e. The van der Waals surface area contributed by atoms with Crippen molar-refractivity contribution in [3.05, 3.63) is 53.7 Å². The van der Waals surface area contributed by atoms with Crippen LogP contribution in [0.3, 0.4) is 0 Å². The van der Waals surface area contributed by atoms with Crippen LogP contribution in [-0.2, 0) is 13.1 Å². The standard InChI is InChI=1S/C13H15FN2O/c1-16(13-5-3-2-4-12(13)14)8-11-6-10(7-15)9-17-11/h2-6,9H,7-8,15H2,1H3. The highest BCUT2D eigenvalue weighted by atomic mass is 19.1. The summed E-state index contributed by atoms with van der Waals surface area (Å²) in [5, 5.41) is 0. The zero-order valence-corrected chi connectivity index (χ0v) is 9.69. The second-order valence-electron chi connectivity index (χ2n) is 3.93. The first-order chi connectivity index (χ1) is 8.20. The molecule has 0 amide bonds. The second kappa shape index (κ2) is 5.01. The van der Waals surface area contributed by atoms with Gasteiger partial charge in [0.15, 0.2) is 0 Å². The van der Waals surface area contributed by atoms with Gasteiger partial charge in [0.2, 0.25) is 0 Å². The fourth-order valence-electron chi connectivity index (χ4n) is 1.70. The minimum Gasteiger partial charge on any atom is -0.467 e. The van der Waals surface area contributed by atoms with Crippen LogP contribution in [0.4, 0.5) is 10.1 Å². The third kappa shape index (κ3) is 2.65. The summed E-state index contributed by atoms with van der Waals surface area (Å²) < 4.78 is 18.9. The summed E-state index contributed by atoms with van der Waals surface area (Å²) in [6, 6.07) is 8.55. The van der Waals surface area contributed by atoms with Crippen LogP contribution in [0, 0.1) is 5.82 Å². The summed E-state index contributed by atoms with van der Waals surface area (Å²) in [6.07, 6.45) is 1.63. The molecule has 0 atom stereocenters. The number of halogens is 1. The largest absolute Gasteiger partial charge is 0.467 e. The molecule has 0 aliphatic rings. The molecule has 0 saturated carbocycles. The highest BCUT2D eigenvalue weighted by Gasteiger charge is 2.09. The van der Waals surface area contributed by atoms with Crippen molar-refractivity contribution in [2.24, 2.45) is 5.73 Å². The Hall–Kier alpha value is -1.81. The van der Waals surface area contributed by atoms with E-state index in [1.165, 1.54) is 6.07 Å². The van der Waals surface area contributed by atoms with Crippen LogP contribution in [0.2, 0.25) is 0 Å². The lowest BCUT2D eigenvalue weighted by atomic mass is 10.2. The summed E-state index contributed by atoms with van der Waals surface area (Å²) in [5.41, 5.74) is 7.00. The van der Waals surface area contributed by atoms with Crippen LogP contribution in [0.25, 0.3) is 0 Å². The van der Waals surface area contributed by atoms with Gasteiger partial charge in [-0.25, -0.2) is 4.39 Å². The summed E-state index contributed by atoms with van der Waals surface area (Å²) >= 11 is 0. The third-order valence-electron chi connectivity index (χ3n) is 2.60. The quantitative estimate of drug-likeness (QED) is 0.883. The number of anilines is 1. The molecule has 0 spiro atoms. The predicted molar refractivity (Wildman–Crippen MR) is 65.1 cm³/mol. The average molecular weight is 234 g/mol. The number of furan rings is 1. The summed E-state index contributed by atoms with van der Waals surface area (Å²) in [4.78, 5) is 1.80. The number of para-hydroxylation sites is 1. The van der Waals surface area contributed by atoms with E-state index in [9.17, 15) is 4.39 Å². The molecule has 0 aliphatic carbocycles. The SMILES string of the molecule is CN(Cc1cc(CN)co1)c1ccccc1F. The molecule has 0 saturated heterocycles. The molecule has 0 unspecified atom stereocenters. The van der Waals surface area contributed by atoms with Crippen LogP contribution in [0.5, 0.6) is 0 Å². The Labute approximate surface area is 99.6 Å². The Morgan fingerprint density at radius 3 is 2.76 bits per heavy atom. The lowest BCUT2D eigenvalue weighted by molar-refractivity contribution is 0.504. The molecular weight excluding hydrogens is 219 g/mol. The number of hydrogen-bond donors (Lipinski definition) is 1. The van der Waals surface area contributed by atoms with E-state index in [0.29, 0.717) is 18.8 Å². The molecule has 1 heterocycles. The van der Waals surface area contributed by atoms with E-state index in [2.05, 4.69) is 0 Å². The van der Waals surface area contributed by atoms with Crippen molar-refractivity contribution in [2.75, 3.05) is 11.9 Å². The van der Waals surface area contributed by atoms with Gasteiger partial charge >= 0.3 is 0 Å². The maximum absolute atomic E-state index is 13.5. The third-order valence-corrected chi connectivity index (χ3v) is 2.60. The molecule has 1 aromatic carbocycles. The van der Waals surface area contributed by atoms with E-state index in [0.717, 1.165) is 11.3 Å². The van der Waals surface area contributed by atoms with Crippen LogP contribution < -0.4 is 10.6 Å². The van der Waals surface area contributed by atoms with E-state index >= 15 is 0 Å². The molecule has 0 bridgehead atoms. The fourth-order valence-corrected chi connectivity index (χ4v) is 1.70. The smallest absolute Gasteiger partial charge is 0.146 e.